The molecule has 1 saturated carbocycles. The topological polar surface area (TPSA) is 74.8 Å². The third-order valence-corrected chi connectivity index (χ3v) is 6.43. The lowest BCUT2D eigenvalue weighted by Crippen LogP contribution is -2.42. The van der Waals surface area contributed by atoms with Gasteiger partial charge in [-0.15, -0.1) is 0 Å². The summed E-state index contributed by atoms with van der Waals surface area (Å²) in [6.45, 7) is 5.27. The molecule has 1 aromatic rings. The van der Waals surface area contributed by atoms with Gasteiger partial charge in [-0.3, -0.25) is 9.79 Å². The van der Waals surface area contributed by atoms with E-state index in [0.29, 0.717) is 24.1 Å². The van der Waals surface area contributed by atoms with E-state index >= 15 is 0 Å². The summed E-state index contributed by atoms with van der Waals surface area (Å²) >= 11 is 0. The van der Waals surface area contributed by atoms with Gasteiger partial charge in [-0.05, 0) is 55.2 Å². The zero-order chi connectivity index (χ0) is 20.5. The van der Waals surface area contributed by atoms with Crippen molar-refractivity contribution in [2.45, 2.75) is 64.5 Å². The van der Waals surface area contributed by atoms with Crippen molar-refractivity contribution in [2.24, 2.45) is 10.4 Å². The Morgan fingerprint density at radius 2 is 2.03 bits per heavy atom. The molecule has 1 amide bonds. The molecule has 0 spiro atoms. The number of nitrogens with one attached hydrogen (secondary N) is 3. The lowest BCUT2D eigenvalue weighted by atomic mass is 9.83. The van der Waals surface area contributed by atoms with E-state index in [9.17, 15) is 4.79 Å². The van der Waals surface area contributed by atoms with Crippen molar-refractivity contribution in [1.29, 1.82) is 0 Å². The average Bonchev–Trinajstić information content (AvgIpc) is 3.45. The minimum Gasteiger partial charge on any atom is -0.376 e. The second-order valence-corrected chi connectivity index (χ2v) is 8.39. The standard InChI is InChI=1S/C23H36N4O2/c1-3-23(11-4-5-12-23)17-27-22(24-2)26-15-18-8-6-9-19(14-18)21(28)25-16-20-10-7-13-29-20/h6,8-9,14,20H,3-5,7,10-13,15-17H2,1-2H3,(H,25,28)(H2,24,26,27). The van der Waals surface area contributed by atoms with Crippen molar-refractivity contribution in [2.75, 3.05) is 26.7 Å². The highest BCUT2D eigenvalue weighted by molar-refractivity contribution is 5.94. The molecule has 6 nitrogen and oxygen atoms in total. The number of hydrogen-bond acceptors (Lipinski definition) is 3. The van der Waals surface area contributed by atoms with Crippen LogP contribution in [-0.4, -0.2) is 44.7 Å². The molecular formula is C23H36N4O2. The summed E-state index contributed by atoms with van der Waals surface area (Å²) in [7, 11) is 1.80. The Hall–Kier alpha value is -2.08. The van der Waals surface area contributed by atoms with E-state index in [1.807, 2.05) is 24.3 Å². The quantitative estimate of drug-likeness (QED) is 0.463. The third kappa shape index (κ3) is 6.20. The molecule has 0 radical (unpaired) electrons. The molecule has 1 aromatic carbocycles. The molecule has 0 aromatic heterocycles. The lowest BCUT2D eigenvalue weighted by Gasteiger charge is -2.28. The fourth-order valence-corrected chi connectivity index (χ4v) is 4.39. The van der Waals surface area contributed by atoms with Crippen molar-refractivity contribution in [3.63, 3.8) is 0 Å². The summed E-state index contributed by atoms with van der Waals surface area (Å²) in [4.78, 5) is 16.8. The molecule has 1 aliphatic heterocycles. The number of ether oxygens (including phenoxy) is 1. The third-order valence-electron chi connectivity index (χ3n) is 6.43. The minimum absolute atomic E-state index is 0.0454. The Morgan fingerprint density at radius 3 is 2.72 bits per heavy atom. The molecule has 3 N–H and O–H groups in total. The van der Waals surface area contributed by atoms with E-state index in [4.69, 9.17) is 4.74 Å². The summed E-state index contributed by atoms with van der Waals surface area (Å²) in [5.74, 6) is 0.772. The van der Waals surface area contributed by atoms with Crippen LogP contribution in [0.15, 0.2) is 29.3 Å². The van der Waals surface area contributed by atoms with E-state index < -0.39 is 0 Å². The molecule has 6 heteroatoms. The molecule has 1 heterocycles. The monoisotopic (exact) mass is 400 g/mol. The van der Waals surface area contributed by atoms with Crippen LogP contribution in [0.1, 0.15) is 67.8 Å². The molecule has 2 fully saturated rings. The number of aliphatic imine (C=N–C) groups is 1. The molecule has 3 rings (SSSR count). The van der Waals surface area contributed by atoms with Crippen molar-refractivity contribution in [1.82, 2.24) is 16.0 Å². The number of hydrogen-bond donors (Lipinski definition) is 3. The van der Waals surface area contributed by atoms with Crippen LogP contribution in [0.5, 0.6) is 0 Å². The average molecular weight is 401 g/mol. The zero-order valence-electron chi connectivity index (χ0n) is 17.9. The zero-order valence-corrected chi connectivity index (χ0v) is 17.9. The number of nitrogens with zero attached hydrogens (tertiary/aromatic N) is 1. The Kier molecular flexibility index (Phi) is 7.92. The van der Waals surface area contributed by atoms with Crippen molar-refractivity contribution >= 4 is 11.9 Å². The van der Waals surface area contributed by atoms with Crippen LogP contribution in [0.3, 0.4) is 0 Å². The first kappa shape index (κ1) is 21.6. The molecule has 1 aliphatic carbocycles. The molecule has 1 saturated heterocycles. The molecule has 0 bridgehead atoms. The summed E-state index contributed by atoms with van der Waals surface area (Å²) < 4.78 is 5.57. The number of carbonyl (C=O) groups is 1. The first-order valence-electron chi connectivity index (χ1n) is 11.1. The molecule has 160 valence electrons. The Bertz CT molecular complexity index is 692. The van der Waals surface area contributed by atoms with Crippen LogP contribution >= 0.6 is 0 Å². The van der Waals surface area contributed by atoms with Gasteiger partial charge in [0.15, 0.2) is 5.96 Å². The largest absolute Gasteiger partial charge is 0.376 e. The van der Waals surface area contributed by atoms with E-state index in [0.717, 1.165) is 37.5 Å². The number of amides is 1. The van der Waals surface area contributed by atoms with Crippen LogP contribution in [-0.2, 0) is 11.3 Å². The van der Waals surface area contributed by atoms with E-state index in [1.54, 1.807) is 7.05 Å². The highest BCUT2D eigenvalue weighted by atomic mass is 16.5. The van der Waals surface area contributed by atoms with Crippen molar-refractivity contribution < 1.29 is 9.53 Å². The van der Waals surface area contributed by atoms with Gasteiger partial charge >= 0.3 is 0 Å². The van der Waals surface area contributed by atoms with Crippen LogP contribution in [0.2, 0.25) is 0 Å². The minimum atomic E-state index is -0.0454. The van der Waals surface area contributed by atoms with Gasteiger partial charge in [-0.25, -0.2) is 0 Å². The maximum atomic E-state index is 12.4. The molecule has 2 aliphatic rings. The number of rotatable bonds is 8. The Balaban J connectivity index is 1.47. The second-order valence-electron chi connectivity index (χ2n) is 8.39. The fraction of sp³-hybridized carbons (Fsp3) is 0.652. The highest BCUT2D eigenvalue weighted by Crippen LogP contribution is 2.40. The number of guanidine groups is 1. The number of benzene rings is 1. The van der Waals surface area contributed by atoms with Crippen LogP contribution in [0.25, 0.3) is 0 Å². The van der Waals surface area contributed by atoms with Gasteiger partial charge < -0.3 is 20.7 Å². The first-order valence-corrected chi connectivity index (χ1v) is 11.1. The predicted molar refractivity (Wildman–Crippen MR) is 117 cm³/mol. The van der Waals surface area contributed by atoms with Crippen molar-refractivity contribution in [3.8, 4) is 0 Å². The van der Waals surface area contributed by atoms with E-state index in [1.165, 1.54) is 32.1 Å². The maximum Gasteiger partial charge on any atom is 0.251 e. The Morgan fingerprint density at radius 1 is 1.21 bits per heavy atom. The van der Waals surface area contributed by atoms with E-state index in [-0.39, 0.29) is 12.0 Å². The van der Waals surface area contributed by atoms with Crippen LogP contribution < -0.4 is 16.0 Å². The van der Waals surface area contributed by atoms with Crippen LogP contribution in [0, 0.1) is 5.41 Å². The Labute approximate surface area is 174 Å². The van der Waals surface area contributed by atoms with Crippen molar-refractivity contribution in [3.05, 3.63) is 35.4 Å². The second kappa shape index (κ2) is 10.6. The number of carbonyl (C=O) groups excluding carboxylic acids is 1. The summed E-state index contributed by atoms with van der Waals surface area (Å²) in [5.41, 5.74) is 2.16. The lowest BCUT2D eigenvalue weighted by molar-refractivity contribution is 0.0857. The van der Waals surface area contributed by atoms with Gasteiger partial charge in [0.2, 0.25) is 0 Å². The first-order chi connectivity index (χ1) is 14.1. The summed E-state index contributed by atoms with van der Waals surface area (Å²) in [6.07, 6.45) is 8.75. The SMILES string of the molecule is CCC1(CNC(=NC)NCc2cccc(C(=O)NCC3CCCO3)c2)CCCC1. The maximum absolute atomic E-state index is 12.4. The fourth-order valence-electron chi connectivity index (χ4n) is 4.39. The molecule has 29 heavy (non-hydrogen) atoms. The van der Waals surface area contributed by atoms with Gasteiger partial charge in [0.1, 0.15) is 0 Å². The molecule has 1 atom stereocenters. The van der Waals surface area contributed by atoms with Crippen LogP contribution in [0.4, 0.5) is 0 Å². The van der Waals surface area contributed by atoms with Gasteiger partial charge in [-0.2, -0.15) is 0 Å². The smallest absolute Gasteiger partial charge is 0.251 e. The highest BCUT2D eigenvalue weighted by Gasteiger charge is 2.31. The van der Waals surface area contributed by atoms with Gasteiger partial charge in [0.25, 0.3) is 5.91 Å². The molecular weight excluding hydrogens is 364 g/mol. The van der Waals surface area contributed by atoms with E-state index in [2.05, 4.69) is 27.9 Å². The van der Waals surface area contributed by atoms with Gasteiger partial charge in [-0.1, -0.05) is 31.9 Å². The normalized spacial score (nSPS) is 21.2. The molecule has 1 unspecified atom stereocenters. The van der Waals surface area contributed by atoms with Gasteiger partial charge in [0, 0.05) is 38.9 Å². The summed E-state index contributed by atoms with van der Waals surface area (Å²) in [6, 6.07) is 7.75. The van der Waals surface area contributed by atoms with Gasteiger partial charge in [0.05, 0.1) is 6.10 Å². The summed E-state index contributed by atoms with van der Waals surface area (Å²) in [5, 5.41) is 9.87. The predicted octanol–water partition coefficient (Wildman–Crippen LogP) is 3.23.